The van der Waals surface area contributed by atoms with Gasteiger partial charge in [0.15, 0.2) is 0 Å². The van der Waals surface area contributed by atoms with Crippen LogP contribution in [-0.2, 0) is 0 Å². The average molecular weight is 296 g/mol. The SMILES string of the molecule is Bc1ccc2nc(-c3ccccc3)c(C3C=CC=CC3)nc2c1. The van der Waals surface area contributed by atoms with E-state index >= 15 is 0 Å². The molecule has 0 fully saturated rings. The number of benzene rings is 2. The van der Waals surface area contributed by atoms with Gasteiger partial charge in [0.1, 0.15) is 7.85 Å². The summed E-state index contributed by atoms with van der Waals surface area (Å²) in [6, 6.07) is 16.6. The Balaban J connectivity index is 1.96. The molecule has 0 amide bonds. The van der Waals surface area contributed by atoms with Crippen molar-refractivity contribution in [2.24, 2.45) is 0 Å². The Bertz CT molecular complexity index is 914. The van der Waals surface area contributed by atoms with E-state index in [0.29, 0.717) is 0 Å². The van der Waals surface area contributed by atoms with Crippen LogP contribution in [0.3, 0.4) is 0 Å². The highest BCUT2D eigenvalue weighted by Gasteiger charge is 2.18. The second-order valence-electron chi connectivity index (χ2n) is 5.97. The van der Waals surface area contributed by atoms with Crippen molar-refractivity contribution in [3.8, 4) is 11.3 Å². The summed E-state index contributed by atoms with van der Waals surface area (Å²) in [6.45, 7) is 0. The molecule has 1 aromatic heterocycles. The second kappa shape index (κ2) is 5.84. The standard InChI is InChI=1S/C20H17BN2/c21-16-11-12-17-18(13-16)23-20(15-9-5-2-6-10-15)19(22-17)14-7-3-1-4-8-14/h1-9,11-13,15H,10,21H2. The molecular weight excluding hydrogens is 279 g/mol. The molecule has 1 heterocycles. The first kappa shape index (κ1) is 14.0. The first-order valence-corrected chi connectivity index (χ1v) is 7.98. The first-order valence-electron chi connectivity index (χ1n) is 7.98. The van der Waals surface area contributed by atoms with Crippen molar-refractivity contribution in [2.75, 3.05) is 0 Å². The van der Waals surface area contributed by atoms with Gasteiger partial charge in [0, 0.05) is 11.5 Å². The van der Waals surface area contributed by atoms with E-state index in [4.69, 9.17) is 9.97 Å². The maximum atomic E-state index is 4.99. The Morgan fingerprint density at radius 2 is 1.78 bits per heavy atom. The van der Waals surface area contributed by atoms with Gasteiger partial charge in [-0.3, -0.25) is 0 Å². The lowest BCUT2D eigenvalue weighted by atomic mass is 9.92. The largest absolute Gasteiger partial charge is 0.248 e. The van der Waals surface area contributed by atoms with Crippen LogP contribution in [0.2, 0.25) is 0 Å². The minimum atomic E-state index is 0.285. The number of hydrogen-bond acceptors (Lipinski definition) is 2. The summed E-state index contributed by atoms with van der Waals surface area (Å²) >= 11 is 0. The third kappa shape index (κ3) is 2.70. The summed E-state index contributed by atoms with van der Waals surface area (Å²) in [5, 5.41) is 0. The van der Waals surface area contributed by atoms with Gasteiger partial charge in [-0.2, -0.15) is 0 Å². The fourth-order valence-electron chi connectivity index (χ4n) is 3.03. The van der Waals surface area contributed by atoms with Crippen LogP contribution in [0.1, 0.15) is 18.0 Å². The van der Waals surface area contributed by atoms with E-state index in [1.54, 1.807) is 0 Å². The van der Waals surface area contributed by atoms with Gasteiger partial charge in [0.25, 0.3) is 0 Å². The zero-order chi connectivity index (χ0) is 15.6. The molecule has 2 nitrogen and oxygen atoms in total. The van der Waals surface area contributed by atoms with Crippen molar-refractivity contribution in [2.45, 2.75) is 12.3 Å². The molecule has 0 spiro atoms. The lowest BCUT2D eigenvalue weighted by Crippen LogP contribution is -2.07. The van der Waals surface area contributed by atoms with Gasteiger partial charge in [0.05, 0.1) is 22.4 Å². The third-order valence-electron chi connectivity index (χ3n) is 4.23. The fraction of sp³-hybridized carbons (Fsp3) is 0.100. The lowest BCUT2D eigenvalue weighted by molar-refractivity contribution is 0.818. The molecular formula is C20H17BN2. The minimum absolute atomic E-state index is 0.285. The second-order valence-corrected chi connectivity index (χ2v) is 5.97. The number of allylic oxidation sites excluding steroid dienone is 4. The summed E-state index contributed by atoms with van der Waals surface area (Å²) in [5.74, 6) is 0.285. The minimum Gasteiger partial charge on any atom is -0.248 e. The van der Waals surface area contributed by atoms with Crippen molar-refractivity contribution < 1.29 is 0 Å². The number of fused-ring (bicyclic) bond motifs is 1. The molecule has 2 aromatic carbocycles. The van der Waals surface area contributed by atoms with Gasteiger partial charge in [-0.1, -0.05) is 66.2 Å². The molecule has 3 aromatic rings. The normalized spacial score (nSPS) is 16.8. The summed E-state index contributed by atoms with van der Waals surface area (Å²) in [5.41, 5.74) is 6.32. The summed E-state index contributed by atoms with van der Waals surface area (Å²) in [4.78, 5) is 9.93. The molecule has 23 heavy (non-hydrogen) atoms. The van der Waals surface area contributed by atoms with Crippen LogP contribution in [0, 0.1) is 0 Å². The van der Waals surface area contributed by atoms with E-state index in [1.165, 1.54) is 5.46 Å². The third-order valence-corrected chi connectivity index (χ3v) is 4.23. The topological polar surface area (TPSA) is 25.8 Å². The molecule has 1 unspecified atom stereocenters. The summed E-state index contributed by atoms with van der Waals surface area (Å²) < 4.78 is 0. The molecule has 3 heteroatoms. The molecule has 110 valence electrons. The molecule has 1 atom stereocenters. The molecule has 0 radical (unpaired) electrons. The molecule has 0 saturated heterocycles. The molecule has 0 N–H and O–H groups in total. The highest BCUT2D eigenvalue weighted by Crippen LogP contribution is 2.32. The number of hydrogen-bond donors (Lipinski definition) is 0. The summed E-state index contributed by atoms with van der Waals surface area (Å²) in [6.07, 6.45) is 9.59. The van der Waals surface area contributed by atoms with Gasteiger partial charge < -0.3 is 0 Å². The van der Waals surface area contributed by atoms with E-state index in [0.717, 1.165) is 34.4 Å². The van der Waals surface area contributed by atoms with Gasteiger partial charge >= 0.3 is 0 Å². The maximum Gasteiger partial charge on any atom is 0.139 e. The zero-order valence-corrected chi connectivity index (χ0v) is 13.1. The van der Waals surface area contributed by atoms with Gasteiger partial charge in [-0.15, -0.1) is 0 Å². The predicted octanol–water partition coefficient (Wildman–Crippen LogP) is 3.15. The van der Waals surface area contributed by atoms with Crippen LogP contribution in [0.4, 0.5) is 0 Å². The van der Waals surface area contributed by atoms with Crippen LogP contribution in [0.5, 0.6) is 0 Å². The van der Waals surface area contributed by atoms with Crippen LogP contribution < -0.4 is 5.46 Å². The summed E-state index contributed by atoms with van der Waals surface area (Å²) in [7, 11) is 2.09. The van der Waals surface area contributed by atoms with E-state index in [2.05, 4.69) is 74.6 Å². The zero-order valence-electron chi connectivity index (χ0n) is 13.1. The van der Waals surface area contributed by atoms with Crippen molar-refractivity contribution in [3.05, 3.63) is 78.5 Å². The Morgan fingerprint density at radius 1 is 0.913 bits per heavy atom. The molecule has 0 aliphatic heterocycles. The Kier molecular flexibility index (Phi) is 3.54. The maximum absolute atomic E-state index is 4.99. The van der Waals surface area contributed by atoms with E-state index in [1.807, 2.05) is 6.07 Å². The van der Waals surface area contributed by atoms with Crippen molar-refractivity contribution >= 4 is 24.3 Å². The lowest BCUT2D eigenvalue weighted by Gasteiger charge is -2.17. The predicted molar refractivity (Wildman–Crippen MR) is 98.8 cm³/mol. The van der Waals surface area contributed by atoms with Crippen LogP contribution in [0.25, 0.3) is 22.3 Å². The number of aromatic nitrogens is 2. The Morgan fingerprint density at radius 3 is 2.57 bits per heavy atom. The van der Waals surface area contributed by atoms with Crippen LogP contribution in [-0.4, -0.2) is 17.8 Å². The number of rotatable bonds is 2. The van der Waals surface area contributed by atoms with Gasteiger partial charge in [-0.25, -0.2) is 9.97 Å². The first-order chi connectivity index (χ1) is 11.3. The van der Waals surface area contributed by atoms with E-state index in [-0.39, 0.29) is 5.92 Å². The monoisotopic (exact) mass is 296 g/mol. The van der Waals surface area contributed by atoms with Crippen LogP contribution >= 0.6 is 0 Å². The quantitative estimate of drug-likeness (QED) is 0.679. The van der Waals surface area contributed by atoms with Crippen molar-refractivity contribution in [1.82, 2.24) is 9.97 Å². The van der Waals surface area contributed by atoms with E-state index < -0.39 is 0 Å². The number of nitrogens with zero attached hydrogens (tertiary/aromatic N) is 2. The highest BCUT2D eigenvalue weighted by atomic mass is 14.8. The van der Waals surface area contributed by atoms with Gasteiger partial charge in [-0.05, 0) is 18.6 Å². The molecule has 0 saturated carbocycles. The highest BCUT2D eigenvalue weighted by molar-refractivity contribution is 6.33. The molecule has 1 aliphatic carbocycles. The average Bonchev–Trinajstić information content (AvgIpc) is 2.62. The molecule has 0 bridgehead atoms. The van der Waals surface area contributed by atoms with Crippen molar-refractivity contribution in [1.29, 1.82) is 0 Å². The molecule has 4 rings (SSSR count). The van der Waals surface area contributed by atoms with Crippen LogP contribution in [0.15, 0.2) is 72.8 Å². The molecule has 1 aliphatic rings. The fourth-order valence-corrected chi connectivity index (χ4v) is 3.03. The Labute approximate surface area is 137 Å². The van der Waals surface area contributed by atoms with E-state index in [9.17, 15) is 0 Å². The van der Waals surface area contributed by atoms with Gasteiger partial charge in [0.2, 0.25) is 0 Å². The Hall–Kier alpha value is -2.68. The smallest absolute Gasteiger partial charge is 0.139 e. The van der Waals surface area contributed by atoms with Crippen molar-refractivity contribution in [3.63, 3.8) is 0 Å².